The van der Waals surface area contributed by atoms with E-state index in [-0.39, 0.29) is 18.2 Å². The van der Waals surface area contributed by atoms with Crippen molar-refractivity contribution >= 4 is 33.8 Å². The van der Waals surface area contributed by atoms with Crippen LogP contribution < -0.4 is 0 Å². The zero-order valence-electron chi connectivity index (χ0n) is 13.5. The van der Waals surface area contributed by atoms with E-state index in [1.807, 2.05) is 46.3 Å². The Bertz CT molecular complexity index is 866. The summed E-state index contributed by atoms with van der Waals surface area (Å²) in [5.41, 5.74) is 1.27. The van der Waals surface area contributed by atoms with E-state index >= 15 is 0 Å². The molecule has 0 saturated carbocycles. The van der Waals surface area contributed by atoms with Gasteiger partial charge in [-0.05, 0) is 23.9 Å². The summed E-state index contributed by atoms with van der Waals surface area (Å²) in [7, 11) is 0. The van der Waals surface area contributed by atoms with Gasteiger partial charge in [-0.3, -0.25) is 4.79 Å². The highest BCUT2D eigenvalue weighted by atomic mass is 32.1. The Labute approximate surface area is 144 Å². The molecule has 0 atom stereocenters. The minimum atomic E-state index is -0.317. The number of nitrogens with zero attached hydrogens (tertiary/aromatic N) is 3. The fourth-order valence-corrected chi connectivity index (χ4v) is 3.31. The standard InChI is InChI=1S/C18H19N3O2S/c1-2-3-10-21-15-9-5-4-8-14(15)17(18(21)23)20-19-16(22)12-13-7-6-11-24-13/h4-9,11,23H,2-3,10,12H2,1H3. The van der Waals surface area contributed by atoms with Crippen LogP contribution in [0.5, 0.6) is 5.88 Å². The van der Waals surface area contributed by atoms with Gasteiger partial charge in [-0.25, -0.2) is 0 Å². The van der Waals surface area contributed by atoms with E-state index in [0.717, 1.165) is 28.6 Å². The molecule has 0 aliphatic heterocycles. The van der Waals surface area contributed by atoms with Crippen molar-refractivity contribution in [2.24, 2.45) is 10.2 Å². The van der Waals surface area contributed by atoms with Crippen LogP contribution in [0.15, 0.2) is 52.0 Å². The van der Waals surface area contributed by atoms with E-state index in [1.54, 1.807) is 0 Å². The minimum absolute atomic E-state index is 0.0670. The molecule has 24 heavy (non-hydrogen) atoms. The van der Waals surface area contributed by atoms with Gasteiger partial charge in [0.2, 0.25) is 5.88 Å². The van der Waals surface area contributed by atoms with Gasteiger partial charge >= 0.3 is 0 Å². The third-order valence-corrected chi connectivity index (χ3v) is 4.70. The Kier molecular flexibility index (Phi) is 5.05. The predicted octanol–water partition coefficient (Wildman–Crippen LogP) is 5.06. The molecule has 0 saturated heterocycles. The average Bonchev–Trinajstić information content (AvgIpc) is 3.17. The smallest absolute Gasteiger partial charge is 0.269 e. The van der Waals surface area contributed by atoms with Gasteiger partial charge in [0.15, 0.2) is 5.69 Å². The van der Waals surface area contributed by atoms with Gasteiger partial charge in [-0.2, -0.15) is 0 Å². The largest absolute Gasteiger partial charge is 0.493 e. The first-order valence-corrected chi connectivity index (χ1v) is 8.85. The van der Waals surface area contributed by atoms with E-state index in [4.69, 9.17) is 0 Å². The SMILES string of the molecule is CCCCn1c(O)c(N=NC(=O)Cc2cccs2)c2ccccc21. The van der Waals surface area contributed by atoms with Crippen LogP contribution in [0, 0.1) is 0 Å². The summed E-state index contributed by atoms with van der Waals surface area (Å²) in [6.45, 7) is 2.81. The Morgan fingerprint density at radius 2 is 2.08 bits per heavy atom. The highest BCUT2D eigenvalue weighted by Gasteiger charge is 2.16. The maximum Gasteiger partial charge on any atom is 0.269 e. The lowest BCUT2D eigenvalue weighted by Gasteiger charge is -2.05. The first-order valence-electron chi connectivity index (χ1n) is 7.98. The van der Waals surface area contributed by atoms with Crippen molar-refractivity contribution in [2.75, 3.05) is 0 Å². The van der Waals surface area contributed by atoms with Crippen LogP contribution in [0.2, 0.25) is 0 Å². The number of amides is 1. The number of aryl methyl sites for hydroxylation is 1. The lowest BCUT2D eigenvalue weighted by atomic mass is 10.2. The number of fused-ring (bicyclic) bond motifs is 1. The molecule has 0 spiro atoms. The Morgan fingerprint density at radius 3 is 2.83 bits per heavy atom. The van der Waals surface area contributed by atoms with Crippen molar-refractivity contribution in [3.05, 3.63) is 46.7 Å². The second-order valence-electron chi connectivity index (χ2n) is 5.54. The van der Waals surface area contributed by atoms with Crippen LogP contribution in [0.25, 0.3) is 10.9 Å². The summed E-state index contributed by atoms with van der Waals surface area (Å²) in [5.74, 6) is -0.250. The first kappa shape index (κ1) is 16.4. The molecule has 0 aliphatic carbocycles. The summed E-state index contributed by atoms with van der Waals surface area (Å²) in [5, 5.41) is 21.1. The molecule has 1 N–H and O–H groups in total. The van der Waals surface area contributed by atoms with Gasteiger partial charge in [0, 0.05) is 16.8 Å². The van der Waals surface area contributed by atoms with Crippen molar-refractivity contribution in [3.8, 4) is 5.88 Å². The number of hydrogen-bond acceptors (Lipinski definition) is 4. The van der Waals surface area contributed by atoms with E-state index < -0.39 is 0 Å². The molecule has 0 unspecified atom stereocenters. The third-order valence-electron chi connectivity index (χ3n) is 3.82. The number of carbonyl (C=O) groups is 1. The molecule has 0 radical (unpaired) electrons. The van der Waals surface area contributed by atoms with Crippen molar-refractivity contribution < 1.29 is 9.90 Å². The molecule has 3 aromatic rings. The van der Waals surface area contributed by atoms with Crippen LogP contribution in [0.3, 0.4) is 0 Å². The number of azo groups is 1. The van der Waals surface area contributed by atoms with Gasteiger partial charge in [-0.1, -0.05) is 37.6 Å². The summed E-state index contributed by atoms with van der Waals surface area (Å²) >= 11 is 1.52. The number of unbranched alkanes of at least 4 members (excludes halogenated alkanes) is 1. The molecule has 1 amide bonds. The average molecular weight is 341 g/mol. The Hall–Kier alpha value is -2.47. The van der Waals surface area contributed by atoms with E-state index in [2.05, 4.69) is 17.2 Å². The van der Waals surface area contributed by atoms with Crippen LogP contribution in [0.1, 0.15) is 24.6 Å². The molecule has 3 rings (SSSR count). The van der Waals surface area contributed by atoms with Gasteiger partial charge in [0.1, 0.15) is 0 Å². The monoisotopic (exact) mass is 341 g/mol. The maximum atomic E-state index is 12.0. The molecule has 0 fully saturated rings. The highest BCUT2D eigenvalue weighted by Crippen LogP contribution is 2.39. The van der Waals surface area contributed by atoms with E-state index in [1.165, 1.54) is 11.3 Å². The minimum Gasteiger partial charge on any atom is -0.493 e. The molecule has 1 aromatic carbocycles. The quantitative estimate of drug-likeness (QED) is 0.637. The van der Waals surface area contributed by atoms with Crippen LogP contribution in [-0.4, -0.2) is 15.6 Å². The van der Waals surface area contributed by atoms with Crippen molar-refractivity contribution in [1.29, 1.82) is 0 Å². The van der Waals surface area contributed by atoms with E-state index in [9.17, 15) is 9.90 Å². The van der Waals surface area contributed by atoms with Crippen molar-refractivity contribution in [3.63, 3.8) is 0 Å². The first-order chi connectivity index (χ1) is 11.7. The fraction of sp³-hybridized carbons (Fsp3) is 0.278. The summed E-state index contributed by atoms with van der Waals surface area (Å²) < 4.78 is 1.83. The number of aromatic nitrogens is 1. The van der Waals surface area contributed by atoms with Crippen molar-refractivity contribution in [1.82, 2.24) is 4.57 Å². The van der Waals surface area contributed by atoms with Gasteiger partial charge in [-0.15, -0.1) is 21.6 Å². The number of para-hydroxylation sites is 1. The molecule has 5 nitrogen and oxygen atoms in total. The topological polar surface area (TPSA) is 66.9 Å². The summed E-state index contributed by atoms with van der Waals surface area (Å²) in [6, 6.07) is 11.4. The highest BCUT2D eigenvalue weighted by molar-refractivity contribution is 7.10. The molecule has 0 bridgehead atoms. The zero-order chi connectivity index (χ0) is 16.9. The predicted molar refractivity (Wildman–Crippen MR) is 96.1 cm³/mol. The zero-order valence-corrected chi connectivity index (χ0v) is 14.3. The molecule has 124 valence electrons. The normalized spacial score (nSPS) is 11.5. The Balaban J connectivity index is 1.89. The van der Waals surface area contributed by atoms with Gasteiger partial charge in [0.25, 0.3) is 5.91 Å². The Morgan fingerprint density at radius 1 is 1.25 bits per heavy atom. The van der Waals surface area contributed by atoms with Gasteiger partial charge < -0.3 is 9.67 Å². The second-order valence-corrected chi connectivity index (χ2v) is 6.58. The maximum absolute atomic E-state index is 12.0. The number of thiophene rings is 1. The molecule has 0 aliphatic rings. The number of rotatable bonds is 6. The fourth-order valence-electron chi connectivity index (χ4n) is 2.62. The molecular weight excluding hydrogens is 322 g/mol. The molecule has 6 heteroatoms. The number of hydrogen-bond donors (Lipinski definition) is 1. The molecule has 2 aromatic heterocycles. The van der Waals surface area contributed by atoms with Crippen molar-refractivity contribution in [2.45, 2.75) is 32.7 Å². The summed E-state index contributed by atoms with van der Waals surface area (Å²) in [6.07, 6.45) is 2.22. The van der Waals surface area contributed by atoms with Crippen LogP contribution >= 0.6 is 11.3 Å². The molecule has 2 heterocycles. The third kappa shape index (κ3) is 3.38. The summed E-state index contributed by atoms with van der Waals surface area (Å²) in [4.78, 5) is 12.9. The van der Waals surface area contributed by atoms with Crippen LogP contribution in [0.4, 0.5) is 5.69 Å². The molecular formula is C18H19N3O2S. The lowest BCUT2D eigenvalue weighted by molar-refractivity contribution is -0.117. The second kappa shape index (κ2) is 7.40. The van der Waals surface area contributed by atoms with Gasteiger partial charge in [0.05, 0.1) is 11.9 Å². The van der Waals surface area contributed by atoms with Crippen LogP contribution in [-0.2, 0) is 17.8 Å². The number of carbonyl (C=O) groups excluding carboxylic acids is 1. The lowest BCUT2D eigenvalue weighted by Crippen LogP contribution is -1.96. The van der Waals surface area contributed by atoms with E-state index in [0.29, 0.717) is 12.2 Å². The number of benzene rings is 1. The number of aromatic hydroxyl groups is 1.